The molecule has 1 fully saturated rings. The third-order valence-electron chi connectivity index (χ3n) is 3.51. The van der Waals surface area contributed by atoms with Crippen molar-refractivity contribution in [3.63, 3.8) is 0 Å². The highest BCUT2D eigenvalue weighted by atomic mass is 79.9. The second kappa shape index (κ2) is 5.89. The van der Waals surface area contributed by atoms with Gasteiger partial charge in [0.2, 0.25) is 10.0 Å². The molecule has 0 aromatic heterocycles. The van der Waals surface area contributed by atoms with Crippen LogP contribution in [-0.2, 0) is 10.0 Å². The van der Waals surface area contributed by atoms with Crippen LogP contribution in [-0.4, -0.2) is 30.6 Å². The van der Waals surface area contributed by atoms with Gasteiger partial charge in [-0.25, -0.2) is 12.8 Å². The molecule has 3 nitrogen and oxygen atoms in total. The first kappa shape index (κ1) is 14.9. The molecule has 1 saturated carbocycles. The van der Waals surface area contributed by atoms with Crippen molar-refractivity contribution in [3.05, 3.63) is 29.6 Å². The van der Waals surface area contributed by atoms with Crippen molar-refractivity contribution in [3.8, 4) is 0 Å². The molecule has 1 aliphatic carbocycles. The van der Waals surface area contributed by atoms with Crippen molar-refractivity contribution >= 4 is 26.0 Å². The Morgan fingerprint density at radius 2 is 2.11 bits per heavy atom. The Kier molecular flexibility index (Phi) is 4.63. The van der Waals surface area contributed by atoms with Crippen LogP contribution in [0.1, 0.15) is 24.8 Å². The van der Waals surface area contributed by atoms with Crippen LogP contribution in [0.3, 0.4) is 0 Å². The number of hydrogen-bond acceptors (Lipinski definition) is 2. The van der Waals surface area contributed by atoms with E-state index in [1.165, 1.54) is 18.2 Å². The third kappa shape index (κ3) is 3.01. The van der Waals surface area contributed by atoms with Gasteiger partial charge < -0.3 is 0 Å². The van der Waals surface area contributed by atoms with Gasteiger partial charge in [0.1, 0.15) is 5.82 Å². The second-order valence-corrected chi connectivity index (χ2v) is 7.45. The summed E-state index contributed by atoms with van der Waals surface area (Å²) < 4.78 is 40.0. The number of halogens is 2. The summed E-state index contributed by atoms with van der Waals surface area (Å²) >= 11 is 3.30. The standard InChI is InChI=1S/C13H17BrFNO2S/c1-10-9-11(15)5-6-13(10)19(17,18)16(8-7-14)12-3-2-4-12/h5-6,9,12H,2-4,7-8H2,1H3. The zero-order valence-electron chi connectivity index (χ0n) is 10.8. The van der Waals surface area contributed by atoms with Crippen LogP contribution in [0.25, 0.3) is 0 Å². The summed E-state index contributed by atoms with van der Waals surface area (Å²) in [5.74, 6) is -0.410. The Morgan fingerprint density at radius 1 is 1.42 bits per heavy atom. The first-order valence-corrected chi connectivity index (χ1v) is 8.87. The number of sulfonamides is 1. The van der Waals surface area contributed by atoms with Gasteiger partial charge in [0, 0.05) is 17.9 Å². The van der Waals surface area contributed by atoms with E-state index < -0.39 is 15.8 Å². The van der Waals surface area contributed by atoms with Crippen LogP contribution in [0.15, 0.2) is 23.1 Å². The minimum atomic E-state index is -3.53. The summed E-state index contributed by atoms with van der Waals surface area (Å²) in [6.45, 7) is 2.08. The van der Waals surface area contributed by atoms with E-state index in [2.05, 4.69) is 15.9 Å². The molecule has 0 amide bonds. The van der Waals surface area contributed by atoms with E-state index in [9.17, 15) is 12.8 Å². The first-order chi connectivity index (χ1) is 8.96. The topological polar surface area (TPSA) is 37.4 Å². The van der Waals surface area contributed by atoms with Crippen molar-refractivity contribution in [2.45, 2.75) is 37.1 Å². The molecular weight excluding hydrogens is 333 g/mol. The molecule has 6 heteroatoms. The molecule has 0 unspecified atom stereocenters. The van der Waals surface area contributed by atoms with Gasteiger partial charge in [-0.3, -0.25) is 0 Å². The molecular formula is C13H17BrFNO2S. The molecule has 0 heterocycles. The summed E-state index contributed by atoms with van der Waals surface area (Å²) in [7, 11) is -3.53. The molecule has 19 heavy (non-hydrogen) atoms. The molecule has 0 radical (unpaired) electrons. The molecule has 0 atom stereocenters. The maximum Gasteiger partial charge on any atom is 0.243 e. The largest absolute Gasteiger partial charge is 0.243 e. The Balaban J connectivity index is 2.38. The lowest BCUT2D eigenvalue weighted by Crippen LogP contribution is -2.45. The van der Waals surface area contributed by atoms with Gasteiger partial charge in [0.05, 0.1) is 4.90 Å². The third-order valence-corrected chi connectivity index (χ3v) is 5.98. The van der Waals surface area contributed by atoms with Gasteiger partial charge in [-0.1, -0.05) is 22.4 Å². The molecule has 2 rings (SSSR count). The number of alkyl halides is 1. The van der Waals surface area contributed by atoms with Crippen molar-refractivity contribution in [1.82, 2.24) is 4.31 Å². The number of hydrogen-bond donors (Lipinski definition) is 0. The molecule has 106 valence electrons. The monoisotopic (exact) mass is 349 g/mol. The number of benzene rings is 1. The average molecular weight is 350 g/mol. The number of aryl methyl sites for hydroxylation is 1. The fourth-order valence-corrected chi connectivity index (χ4v) is 4.80. The van der Waals surface area contributed by atoms with Crippen LogP contribution in [0, 0.1) is 12.7 Å². The zero-order valence-corrected chi connectivity index (χ0v) is 13.2. The van der Waals surface area contributed by atoms with E-state index in [1.54, 1.807) is 11.2 Å². The molecule has 0 spiro atoms. The van der Waals surface area contributed by atoms with Gasteiger partial charge in [0.25, 0.3) is 0 Å². The summed E-state index contributed by atoms with van der Waals surface area (Å²) in [5, 5.41) is 0.600. The minimum absolute atomic E-state index is 0.0898. The second-order valence-electron chi connectivity index (χ2n) is 4.80. The quantitative estimate of drug-likeness (QED) is 0.766. The maximum atomic E-state index is 13.1. The highest BCUT2D eigenvalue weighted by molar-refractivity contribution is 9.09. The average Bonchev–Trinajstić information content (AvgIpc) is 2.25. The predicted molar refractivity (Wildman–Crippen MR) is 76.5 cm³/mol. The molecule has 0 bridgehead atoms. The molecule has 1 aromatic rings. The van der Waals surface area contributed by atoms with Crippen LogP contribution < -0.4 is 0 Å². The fourth-order valence-electron chi connectivity index (χ4n) is 2.29. The van der Waals surface area contributed by atoms with E-state index in [-0.39, 0.29) is 10.9 Å². The van der Waals surface area contributed by atoms with E-state index >= 15 is 0 Å². The van der Waals surface area contributed by atoms with Gasteiger partial charge in [-0.05, 0) is 43.5 Å². The van der Waals surface area contributed by atoms with Gasteiger partial charge in [0.15, 0.2) is 0 Å². The molecule has 1 aliphatic rings. The molecule has 0 saturated heterocycles. The van der Waals surface area contributed by atoms with Gasteiger partial charge in [-0.15, -0.1) is 0 Å². The normalized spacial score (nSPS) is 16.6. The number of rotatable bonds is 5. The van der Waals surface area contributed by atoms with Crippen LogP contribution in [0.5, 0.6) is 0 Å². The van der Waals surface area contributed by atoms with Crippen molar-refractivity contribution in [2.75, 3.05) is 11.9 Å². The van der Waals surface area contributed by atoms with Crippen LogP contribution in [0.2, 0.25) is 0 Å². The van der Waals surface area contributed by atoms with Crippen LogP contribution in [0.4, 0.5) is 4.39 Å². The van der Waals surface area contributed by atoms with Crippen LogP contribution >= 0.6 is 15.9 Å². The van der Waals surface area contributed by atoms with Gasteiger partial charge >= 0.3 is 0 Å². The van der Waals surface area contributed by atoms with Crippen molar-refractivity contribution in [1.29, 1.82) is 0 Å². The molecule has 1 aromatic carbocycles. The smallest absolute Gasteiger partial charge is 0.207 e. The highest BCUT2D eigenvalue weighted by Gasteiger charge is 2.35. The fraction of sp³-hybridized carbons (Fsp3) is 0.538. The summed E-state index contributed by atoms with van der Waals surface area (Å²) in [5.41, 5.74) is 0.457. The Hall–Kier alpha value is -0.460. The van der Waals surface area contributed by atoms with Crippen molar-refractivity contribution < 1.29 is 12.8 Å². The molecule has 0 N–H and O–H groups in total. The highest BCUT2D eigenvalue weighted by Crippen LogP contribution is 2.31. The van der Waals surface area contributed by atoms with E-state index in [4.69, 9.17) is 0 Å². The Bertz CT molecular complexity index is 558. The summed E-state index contributed by atoms with van der Waals surface area (Å²) in [4.78, 5) is 0.210. The lowest BCUT2D eigenvalue weighted by Gasteiger charge is -2.36. The Labute approximate surface area is 122 Å². The lowest BCUT2D eigenvalue weighted by molar-refractivity contribution is 0.228. The zero-order chi connectivity index (χ0) is 14.0. The SMILES string of the molecule is Cc1cc(F)ccc1S(=O)(=O)N(CCBr)C1CCC1. The minimum Gasteiger partial charge on any atom is -0.207 e. The molecule has 0 aliphatic heterocycles. The van der Waals surface area contributed by atoms with E-state index in [0.717, 1.165) is 19.3 Å². The Morgan fingerprint density at radius 3 is 2.58 bits per heavy atom. The predicted octanol–water partition coefficient (Wildman–Crippen LogP) is 3.07. The van der Waals surface area contributed by atoms with E-state index in [0.29, 0.717) is 17.4 Å². The van der Waals surface area contributed by atoms with E-state index in [1.807, 2.05) is 0 Å². The first-order valence-electron chi connectivity index (χ1n) is 6.31. The lowest BCUT2D eigenvalue weighted by atomic mass is 9.93. The van der Waals surface area contributed by atoms with Crippen molar-refractivity contribution in [2.24, 2.45) is 0 Å². The summed E-state index contributed by atoms with van der Waals surface area (Å²) in [6.07, 6.45) is 2.89. The summed E-state index contributed by atoms with van der Waals surface area (Å²) in [6, 6.07) is 3.92. The maximum absolute atomic E-state index is 13.1. The van der Waals surface area contributed by atoms with Gasteiger partial charge in [-0.2, -0.15) is 4.31 Å². The number of nitrogens with zero attached hydrogens (tertiary/aromatic N) is 1.